The van der Waals surface area contributed by atoms with Gasteiger partial charge in [-0.1, -0.05) is 18.2 Å². The SMILES string of the molecule is CC(NC(=O)c1cc2c(s1)-c1ccccc1OC2)c1ccc2c(c1)OCCO2. The van der Waals surface area contributed by atoms with Crippen LogP contribution in [-0.4, -0.2) is 19.1 Å². The van der Waals surface area contributed by atoms with Crippen molar-refractivity contribution in [3.63, 3.8) is 0 Å². The molecule has 1 N–H and O–H groups in total. The van der Waals surface area contributed by atoms with E-state index < -0.39 is 0 Å². The Hall–Kier alpha value is -2.99. The Morgan fingerprint density at radius 2 is 1.82 bits per heavy atom. The standard InChI is InChI=1S/C22H19NO4S/c1-13(14-6-7-18-19(10-14)26-9-8-25-18)23-22(24)20-11-15-12-27-17-5-3-2-4-16(17)21(15)28-20/h2-7,10-11,13H,8-9,12H2,1H3,(H,23,24). The number of thiophene rings is 1. The van der Waals surface area contributed by atoms with Crippen LogP contribution in [0.3, 0.4) is 0 Å². The number of hydrogen-bond donors (Lipinski definition) is 1. The molecule has 1 aromatic heterocycles. The van der Waals surface area contributed by atoms with Crippen molar-refractivity contribution in [1.82, 2.24) is 5.32 Å². The summed E-state index contributed by atoms with van der Waals surface area (Å²) in [4.78, 5) is 14.6. The summed E-state index contributed by atoms with van der Waals surface area (Å²) in [6, 6.07) is 15.5. The highest BCUT2D eigenvalue weighted by atomic mass is 32.1. The molecule has 2 aromatic carbocycles. The minimum Gasteiger partial charge on any atom is -0.488 e. The maximum absolute atomic E-state index is 12.8. The molecule has 5 rings (SSSR count). The van der Waals surface area contributed by atoms with E-state index in [0.29, 0.717) is 24.7 Å². The second-order valence-electron chi connectivity index (χ2n) is 6.85. The molecular formula is C22H19NO4S. The van der Waals surface area contributed by atoms with Crippen LogP contribution < -0.4 is 19.5 Å². The molecule has 0 spiro atoms. The average Bonchev–Trinajstić information content (AvgIpc) is 3.18. The van der Waals surface area contributed by atoms with Gasteiger partial charge in [0.05, 0.1) is 10.9 Å². The maximum Gasteiger partial charge on any atom is 0.261 e. The zero-order valence-electron chi connectivity index (χ0n) is 15.4. The Labute approximate surface area is 166 Å². The van der Waals surface area contributed by atoms with Gasteiger partial charge >= 0.3 is 0 Å². The lowest BCUT2D eigenvalue weighted by Gasteiger charge is -2.21. The monoisotopic (exact) mass is 393 g/mol. The summed E-state index contributed by atoms with van der Waals surface area (Å²) in [7, 11) is 0. The normalized spacial score (nSPS) is 15.0. The molecule has 5 nitrogen and oxygen atoms in total. The lowest BCUT2D eigenvalue weighted by atomic mass is 10.1. The van der Waals surface area contributed by atoms with E-state index in [1.807, 2.05) is 55.5 Å². The highest BCUT2D eigenvalue weighted by Crippen LogP contribution is 2.42. The van der Waals surface area contributed by atoms with Gasteiger partial charge in [0.15, 0.2) is 11.5 Å². The Bertz CT molecular complexity index is 1060. The van der Waals surface area contributed by atoms with E-state index in [0.717, 1.165) is 38.8 Å². The highest BCUT2D eigenvalue weighted by Gasteiger charge is 2.23. The van der Waals surface area contributed by atoms with E-state index in [2.05, 4.69) is 5.32 Å². The van der Waals surface area contributed by atoms with Crippen molar-refractivity contribution in [2.24, 2.45) is 0 Å². The van der Waals surface area contributed by atoms with E-state index in [-0.39, 0.29) is 11.9 Å². The van der Waals surface area contributed by atoms with Gasteiger partial charge < -0.3 is 19.5 Å². The minimum absolute atomic E-state index is 0.0840. The average molecular weight is 393 g/mol. The summed E-state index contributed by atoms with van der Waals surface area (Å²) in [6.45, 7) is 3.57. The molecule has 142 valence electrons. The van der Waals surface area contributed by atoms with Crippen LogP contribution in [0.25, 0.3) is 10.4 Å². The lowest BCUT2D eigenvalue weighted by molar-refractivity contribution is 0.0943. The van der Waals surface area contributed by atoms with Gasteiger partial charge in [-0.25, -0.2) is 0 Å². The predicted octanol–water partition coefficient (Wildman–Crippen LogP) is 4.57. The number of benzene rings is 2. The number of hydrogen-bond acceptors (Lipinski definition) is 5. The number of carbonyl (C=O) groups excluding carboxylic acids is 1. The zero-order chi connectivity index (χ0) is 19.1. The summed E-state index contributed by atoms with van der Waals surface area (Å²) < 4.78 is 17.0. The van der Waals surface area contributed by atoms with Crippen LogP contribution in [0.15, 0.2) is 48.5 Å². The van der Waals surface area contributed by atoms with Gasteiger partial charge in [0, 0.05) is 16.0 Å². The van der Waals surface area contributed by atoms with Gasteiger partial charge in [-0.3, -0.25) is 4.79 Å². The first-order valence-corrected chi connectivity index (χ1v) is 10.1. The third-order valence-corrected chi connectivity index (χ3v) is 6.17. The van der Waals surface area contributed by atoms with Gasteiger partial charge in [0.25, 0.3) is 5.91 Å². The van der Waals surface area contributed by atoms with Crippen molar-refractivity contribution in [3.8, 4) is 27.7 Å². The van der Waals surface area contributed by atoms with Crippen molar-refractivity contribution >= 4 is 17.2 Å². The molecule has 0 radical (unpaired) electrons. The van der Waals surface area contributed by atoms with Crippen molar-refractivity contribution in [2.75, 3.05) is 13.2 Å². The first kappa shape index (κ1) is 17.1. The molecule has 3 aromatic rings. The number of fused-ring (bicyclic) bond motifs is 4. The van der Waals surface area contributed by atoms with E-state index in [1.54, 1.807) is 0 Å². The second-order valence-corrected chi connectivity index (χ2v) is 7.90. The van der Waals surface area contributed by atoms with Crippen LogP contribution in [0.4, 0.5) is 0 Å². The highest BCUT2D eigenvalue weighted by molar-refractivity contribution is 7.17. The molecule has 0 bridgehead atoms. The van der Waals surface area contributed by atoms with Crippen LogP contribution in [0.2, 0.25) is 0 Å². The van der Waals surface area contributed by atoms with Gasteiger partial charge in [0.1, 0.15) is 25.6 Å². The Morgan fingerprint density at radius 3 is 2.71 bits per heavy atom. The van der Waals surface area contributed by atoms with Crippen LogP contribution in [-0.2, 0) is 6.61 Å². The van der Waals surface area contributed by atoms with Crippen LogP contribution in [0.1, 0.15) is 33.8 Å². The quantitative estimate of drug-likeness (QED) is 0.708. The van der Waals surface area contributed by atoms with E-state index in [1.165, 1.54) is 11.3 Å². The van der Waals surface area contributed by atoms with E-state index in [9.17, 15) is 4.79 Å². The van der Waals surface area contributed by atoms with Crippen molar-refractivity contribution in [1.29, 1.82) is 0 Å². The first-order chi connectivity index (χ1) is 13.7. The summed E-state index contributed by atoms with van der Waals surface area (Å²) in [5, 5.41) is 3.09. The number of amides is 1. The summed E-state index contributed by atoms with van der Waals surface area (Å²) in [5.74, 6) is 2.26. The molecule has 0 saturated heterocycles. The maximum atomic E-state index is 12.8. The topological polar surface area (TPSA) is 56.8 Å². The number of para-hydroxylation sites is 1. The number of carbonyl (C=O) groups is 1. The van der Waals surface area contributed by atoms with Gasteiger partial charge in [-0.15, -0.1) is 11.3 Å². The second kappa shape index (κ2) is 6.87. The Morgan fingerprint density at radius 1 is 1.00 bits per heavy atom. The van der Waals surface area contributed by atoms with E-state index >= 15 is 0 Å². The number of nitrogens with one attached hydrogen (secondary N) is 1. The summed E-state index contributed by atoms with van der Waals surface area (Å²) in [6.07, 6.45) is 0. The fourth-order valence-electron chi connectivity index (χ4n) is 3.49. The van der Waals surface area contributed by atoms with Gasteiger partial charge in [0.2, 0.25) is 0 Å². The first-order valence-electron chi connectivity index (χ1n) is 9.24. The van der Waals surface area contributed by atoms with Crippen LogP contribution in [0, 0.1) is 0 Å². The molecule has 3 heterocycles. The Balaban J connectivity index is 1.36. The van der Waals surface area contributed by atoms with Crippen molar-refractivity contribution in [2.45, 2.75) is 19.6 Å². The minimum atomic E-state index is -0.147. The molecule has 0 fully saturated rings. The fraction of sp³-hybridized carbons (Fsp3) is 0.227. The molecule has 2 aliphatic rings. The van der Waals surface area contributed by atoms with Crippen molar-refractivity contribution in [3.05, 3.63) is 64.5 Å². The molecule has 6 heteroatoms. The third kappa shape index (κ3) is 2.99. The van der Waals surface area contributed by atoms with Crippen LogP contribution >= 0.6 is 11.3 Å². The fourth-order valence-corrected chi connectivity index (χ4v) is 4.59. The predicted molar refractivity (Wildman–Crippen MR) is 107 cm³/mol. The smallest absolute Gasteiger partial charge is 0.261 e. The molecule has 1 unspecified atom stereocenters. The summed E-state index contributed by atoms with van der Waals surface area (Å²) in [5.41, 5.74) is 3.08. The molecule has 1 amide bonds. The molecule has 1 atom stereocenters. The zero-order valence-corrected chi connectivity index (χ0v) is 16.2. The largest absolute Gasteiger partial charge is 0.488 e. The number of rotatable bonds is 3. The Kier molecular flexibility index (Phi) is 4.20. The molecule has 0 aliphatic carbocycles. The number of ether oxygens (including phenoxy) is 3. The molecule has 2 aliphatic heterocycles. The van der Waals surface area contributed by atoms with E-state index in [4.69, 9.17) is 14.2 Å². The molecular weight excluding hydrogens is 374 g/mol. The third-order valence-electron chi connectivity index (χ3n) is 4.96. The lowest BCUT2D eigenvalue weighted by Crippen LogP contribution is -2.26. The summed E-state index contributed by atoms with van der Waals surface area (Å²) >= 11 is 1.51. The van der Waals surface area contributed by atoms with Gasteiger partial charge in [-0.05, 0) is 42.8 Å². The van der Waals surface area contributed by atoms with Gasteiger partial charge in [-0.2, -0.15) is 0 Å². The molecule has 0 saturated carbocycles. The van der Waals surface area contributed by atoms with Crippen molar-refractivity contribution < 1.29 is 19.0 Å². The van der Waals surface area contributed by atoms with Crippen LogP contribution in [0.5, 0.6) is 17.2 Å². The molecule has 28 heavy (non-hydrogen) atoms.